The molecule has 0 radical (unpaired) electrons. The minimum Gasteiger partial charge on any atom is -0.374 e. The normalized spacial score (nSPS) is 31.3. The monoisotopic (exact) mass is 313 g/mol. The molecule has 1 saturated heterocycles. The lowest BCUT2D eigenvalue weighted by Gasteiger charge is -2.30. The fourth-order valence-electron chi connectivity index (χ4n) is 2.20. The van der Waals surface area contributed by atoms with E-state index in [1.165, 1.54) is 0 Å². The smallest absolute Gasteiger partial charge is 0.110 e. The third-order valence-corrected chi connectivity index (χ3v) is 3.39. The van der Waals surface area contributed by atoms with Gasteiger partial charge in [0.05, 0.1) is 24.4 Å². The molecule has 0 unspecified atom stereocenters. The van der Waals surface area contributed by atoms with Crippen molar-refractivity contribution in [3.8, 4) is 0 Å². The van der Waals surface area contributed by atoms with Crippen molar-refractivity contribution < 1.29 is 7.80 Å². The van der Waals surface area contributed by atoms with E-state index in [9.17, 15) is 0 Å². The van der Waals surface area contributed by atoms with Crippen LogP contribution in [0.1, 0.15) is 27.2 Å². The summed E-state index contributed by atoms with van der Waals surface area (Å²) in [5.74, 6) is 0. The highest BCUT2D eigenvalue weighted by Crippen LogP contribution is 2.25. The van der Waals surface area contributed by atoms with Crippen molar-refractivity contribution in [3.63, 3.8) is 0 Å². The van der Waals surface area contributed by atoms with Gasteiger partial charge in [-0.1, -0.05) is 0 Å². The molecule has 0 aliphatic carbocycles. The van der Waals surface area contributed by atoms with Crippen LogP contribution in [0.25, 0.3) is 0 Å². The summed E-state index contributed by atoms with van der Waals surface area (Å²) in [7, 11) is 2.14. The summed E-state index contributed by atoms with van der Waals surface area (Å²) in [5, 5.41) is 0. The van der Waals surface area contributed by atoms with Gasteiger partial charge in [-0.3, -0.25) is 4.90 Å². The quantitative estimate of drug-likeness (QED) is 0.743. The molecule has 1 fully saturated rings. The number of likely N-dealkylation sites (N-methyl/N-ethyl adjacent to an activating group) is 1. The molecule has 1 aliphatic rings. The second kappa shape index (κ2) is 5.63. The highest BCUT2D eigenvalue weighted by atomic mass is 127. The zero-order chi connectivity index (χ0) is 10.7. The third kappa shape index (κ3) is 3.05. The van der Waals surface area contributed by atoms with Gasteiger partial charge in [0.1, 0.15) is 23.0 Å². The molecule has 1 aliphatic heterocycles. The molecule has 0 spiro atoms. The van der Waals surface area contributed by atoms with Crippen molar-refractivity contribution in [2.75, 3.05) is 13.6 Å². The molecular weight excluding hydrogens is 293 g/mol. The second-order valence-electron chi connectivity index (χ2n) is 4.28. The summed E-state index contributed by atoms with van der Waals surface area (Å²) in [6.07, 6.45) is 1.95. The van der Waals surface area contributed by atoms with Gasteiger partial charge in [-0.15, -0.1) is 0 Å². The largest absolute Gasteiger partial charge is 0.374 e. The predicted octanol–water partition coefficient (Wildman–Crippen LogP) is 2.24. The van der Waals surface area contributed by atoms with Gasteiger partial charge >= 0.3 is 0 Å². The van der Waals surface area contributed by atoms with Gasteiger partial charge in [0.2, 0.25) is 0 Å². The number of nitrogens with zero attached hydrogens (tertiary/aromatic N) is 1. The number of hydrogen-bond donors (Lipinski definition) is 0. The number of ether oxygens (including phenoxy) is 1. The van der Waals surface area contributed by atoms with E-state index in [1.54, 1.807) is 0 Å². The maximum absolute atomic E-state index is 5.81. The first-order chi connectivity index (χ1) is 6.56. The van der Waals surface area contributed by atoms with E-state index in [1.807, 2.05) is 23.0 Å². The highest BCUT2D eigenvalue weighted by Gasteiger charge is 2.37. The van der Waals surface area contributed by atoms with E-state index in [0.717, 1.165) is 13.0 Å². The van der Waals surface area contributed by atoms with Crippen molar-refractivity contribution in [2.45, 2.75) is 51.5 Å². The van der Waals surface area contributed by atoms with Crippen LogP contribution >= 0.6 is 23.0 Å². The first-order valence-electron chi connectivity index (χ1n) is 5.19. The van der Waals surface area contributed by atoms with Crippen molar-refractivity contribution in [2.24, 2.45) is 0 Å². The standard InChI is InChI=1S/C10H20INO2/c1-7(2)13-8(3)10-9(14-11)5-6-12(10)4/h7-10H,5-6H2,1-4H3/t8-,9+,10+/m0/s1. The Morgan fingerprint density at radius 2 is 2.00 bits per heavy atom. The van der Waals surface area contributed by atoms with Crippen LogP contribution < -0.4 is 0 Å². The van der Waals surface area contributed by atoms with Crippen LogP contribution in [-0.4, -0.2) is 42.8 Å². The molecule has 4 heteroatoms. The van der Waals surface area contributed by atoms with Crippen LogP contribution in [-0.2, 0) is 7.80 Å². The zero-order valence-electron chi connectivity index (χ0n) is 9.37. The molecule has 3 nitrogen and oxygen atoms in total. The Morgan fingerprint density at radius 1 is 1.36 bits per heavy atom. The fraction of sp³-hybridized carbons (Fsp3) is 1.00. The molecule has 0 aromatic heterocycles. The lowest BCUT2D eigenvalue weighted by Crippen LogP contribution is -2.43. The van der Waals surface area contributed by atoms with E-state index < -0.39 is 0 Å². The maximum Gasteiger partial charge on any atom is 0.110 e. The predicted molar refractivity (Wildman–Crippen MR) is 65.6 cm³/mol. The van der Waals surface area contributed by atoms with Crippen molar-refractivity contribution in [3.05, 3.63) is 0 Å². The van der Waals surface area contributed by atoms with E-state index in [0.29, 0.717) is 12.1 Å². The molecule has 84 valence electrons. The van der Waals surface area contributed by atoms with Crippen molar-refractivity contribution >= 4 is 23.0 Å². The van der Waals surface area contributed by atoms with Crippen LogP contribution in [0.5, 0.6) is 0 Å². The molecule has 0 bridgehead atoms. The average molecular weight is 313 g/mol. The van der Waals surface area contributed by atoms with Crippen LogP contribution in [0.4, 0.5) is 0 Å². The van der Waals surface area contributed by atoms with Gasteiger partial charge in [0.25, 0.3) is 0 Å². The Morgan fingerprint density at radius 3 is 2.50 bits per heavy atom. The summed E-state index contributed by atoms with van der Waals surface area (Å²) in [6.45, 7) is 7.38. The summed E-state index contributed by atoms with van der Waals surface area (Å²) >= 11 is 2.00. The minimum absolute atomic E-state index is 0.238. The lowest BCUT2D eigenvalue weighted by atomic mass is 10.1. The molecule has 3 atom stereocenters. The topological polar surface area (TPSA) is 21.7 Å². The van der Waals surface area contributed by atoms with Gasteiger partial charge in [0.15, 0.2) is 0 Å². The number of likely N-dealkylation sites (tertiary alicyclic amines) is 1. The van der Waals surface area contributed by atoms with Crippen molar-refractivity contribution in [1.29, 1.82) is 0 Å². The fourth-order valence-corrected chi connectivity index (χ4v) is 2.76. The summed E-state index contributed by atoms with van der Waals surface area (Å²) < 4.78 is 11.3. The second-order valence-corrected chi connectivity index (χ2v) is 4.79. The Balaban J connectivity index is 2.54. The van der Waals surface area contributed by atoms with Crippen LogP contribution in [0.3, 0.4) is 0 Å². The SMILES string of the molecule is CC(C)O[C@@H](C)[C@@H]1[C@H](OI)CCN1C. The molecular formula is C10H20INO2. The summed E-state index contributed by atoms with van der Waals surface area (Å²) in [5.41, 5.74) is 0. The van der Waals surface area contributed by atoms with Crippen LogP contribution in [0, 0.1) is 0 Å². The maximum atomic E-state index is 5.81. The molecule has 0 aromatic rings. The van der Waals surface area contributed by atoms with E-state index >= 15 is 0 Å². The molecule has 0 amide bonds. The Kier molecular flexibility index (Phi) is 5.10. The lowest BCUT2D eigenvalue weighted by molar-refractivity contribution is -0.0367. The van der Waals surface area contributed by atoms with Gasteiger partial charge in [-0.2, -0.15) is 0 Å². The van der Waals surface area contributed by atoms with E-state index in [2.05, 4.69) is 32.7 Å². The first kappa shape index (κ1) is 12.7. The number of hydrogen-bond acceptors (Lipinski definition) is 3. The van der Waals surface area contributed by atoms with Gasteiger partial charge in [-0.05, 0) is 34.2 Å². The Labute approximate surface area is 101 Å². The molecule has 0 saturated carbocycles. The highest BCUT2D eigenvalue weighted by molar-refractivity contribution is 14.1. The van der Waals surface area contributed by atoms with Gasteiger partial charge in [0, 0.05) is 6.54 Å². The van der Waals surface area contributed by atoms with Gasteiger partial charge < -0.3 is 7.80 Å². The number of halogens is 1. The van der Waals surface area contributed by atoms with E-state index in [4.69, 9.17) is 7.80 Å². The third-order valence-electron chi connectivity index (χ3n) is 2.74. The minimum atomic E-state index is 0.238. The van der Waals surface area contributed by atoms with Crippen molar-refractivity contribution in [1.82, 2.24) is 4.90 Å². The number of rotatable bonds is 4. The molecule has 1 heterocycles. The molecule has 14 heavy (non-hydrogen) atoms. The van der Waals surface area contributed by atoms with Crippen LogP contribution in [0.15, 0.2) is 0 Å². The molecule has 0 aromatic carbocycles. The van der Waals surface area contributed by atoms with Crippen LogP contribution in [0.2, 0.25) is 0 Å². The van der Waals surface area contributed by atoms with E-state index in [-0.39, 0.29) is 12.2 Å². The summed E-state index contributed by atoms with van der Waals surface area (Å²) in [6, 6.07) is 0.397. The summed E-state index contributed by atoms with van der Waals surface area (Å²) in [4.78, 5) is 2.33. The zero-order valence-corrected chi connectivity index (χ0v) is 11.5. The Bertz CT molecular complexity index is 178. The average Bonchev–Trinajstić information content (AvgIpc) is 2.45. The Hall–Kier alpha value is 0.610. The van der Waals surface area contributed by atoms with Gasteiger partial charge in [-0.25, -0.2) is 0 Å². The first-order valence-corrected chi connectivity index (χ1v) is 6.07. The molecule has 0 N–H and O–H groups in total. The molecule has 1 rings (SSSR count).